The zero-order chi connectivity index (χ0) is 21.1. The number of nitrogens with zero attached hydrogens (tertiary/aromatic N) is 3. The van der Waals surface area contributed by atoms with Crippen molar-refractivity contribution in [1.29, 1.82) is 0 Å². The van der Waals surface area contributed by atoms with Crippen molar-refractivity contribution in [2.45, 2.75) is 25.6 Å². The summed E-state index contributed by atoms with van der Waals surface area (Å²) in [6, 6.07) is 15.5. The quantitative estimate of drug-likeness (QED) is 0.512. The number of pyridine rings is 1. The second-order valence-corrected chi connectivity index (χ2v) is 6.67. The molecule has 4 rings (SSSR count). The maximum Gasteiger partial charge on any atom is 0.417 e. The van der Waals surface area contributed by atoms with Crippen molar-refractivity contribution in [2.24, 2.45) is 0 Å². The van der Waals surface area contributed by atoms with Crippen LogP contribution in [0.3, 0.4) is 0 Å². The van der Waals surface area contributed by atoms with Crippen LogP contribution in [-0.4, -0.2) is 20.5 Å². The minimum atomic E-state index is -4.47. The SMILES string of the molecule is O=C(CCc1ccc(-c2ccccc2)o1)NCc1nnc2ccc(C(F)(F)F)cn12. The first kappa shape index (κ1) is 19.7. The standard InChI is InChI=1S/C21H17F3N4O2/c22-21(23,24)15-6-10-18-26-27-19(28(18)13-15)12-25-20(29)11-8-16-7-9-17(30-16)14-4-2-1-3-5-14/h1-7,9-10,13H,8,11-12H2,(H,25,29). The highest BCUT2D eigenvalue weighted by Crippen LogP contribution is 2.29. The number of aromatic nitrogens is 3. The van der Waals surface area contributed by atoms with Crippen LogP contribution in [0.2, 0.25) is 0 Å². The molecule has 0 radical (unpaired) electrons. The van der Waals surface area contributed by atoms with Crippen molar-refractivity contribution < 1.29 is 22.4 Å². The summed E-state index contributed by atoms with van der Waals surface area (Å²) in [6.45, 7) is -0.0330. The summed E-state index contributed by atoms with van der Waals surface area (Å²) in [7, 11) is 0. The van der Waals surface area contributed by atoms with Crippen LogP contribution in [0.4, 0.5) is 13.2 Å². The Hall–Kier alpha value is -3.62. The van der Waals surface area contributed by atoms with Crippen LogP contribution in [0.1, 0.15) is 23.6 Å². The lowest BCUT2D eigenvalue weighted by atomic mass is 10.2. The summed E-state index contributed by atoms with van der Waals surface area (Å²) >= 11 is 0. The zero-order valence-corrected chi connectivity index (χ0v) is 15.7. The highest BCUT2D eigenvalue weighted by molar-refractivity contribution is 5.76. The molecule has 0 spiro atoms. The summed E-state index contributed by atoms with van der Waals surface area (Å²) in [5.74, 6) is 1.35. The van der Waals surface area contributed by atoms with Gasteiger partial charge in [0.2, 0.25) is 5.91 Å². The van der Waals surface area contributed by atoms with E-state index in [9.17, 15) is 18.0 Å². The number of aryl methyl sites for hydroxylation is 1. The second-order valence-electron chi connectivity index (χ2n) is 6.67. The highest BCUT2D eigenvalue weighted by Gasteiger charge is 2.31. The fraction of sp³-hybridized carbons (Fsp3) is 0.190. The maximum atomic E-state index is 12.9. The first-order chi connectivity index (χ1) is 14.4. The van der Waals surface area contributed by atoms with E-state index in [0.29, 0.717) is 12.2 Å². The van der Waals surface area contributed by atoms with Gasteiger partial charge in [-0.3, -0.25) is 9.20 Å². The molecule has 9 heteroatoms. The molecule has 0 saturated carbocycles. The van der Waals surface area contributed by atoms with Crippen LogP contribution in [-0.2, 0) is 23.9 Å². The van der Waals surface area contributed by atoms with E-state index in [0.717, 1.165) is 23.6 Å². The summed E-state index contributed by atoms with van der Waals surface area (Å²) < 4.78 is 45.7. The lowest BCUT2D eigenvalue weighted by Crippen LogP contribution is -2.24. The maximum absolute atomic E-state index is 12.9. The molecule has 0 aliphatic heterocycles. The van der Waals surface area contributed by atoms with E-state index in [1.165, 1.54) is 10.5 Å². The zero-order valence-electron chi connectivity index (χ0n) is 15.7. The minimum Gasteiger partial charge on any atom is -0.461 e. The van der Waals surface area contributed by atoms with Gasteiger partial charge < -0.3 is 9.73 Å². The number of halogens is 3. The molecule has 4 aromatic rings. The topological polar surface area (TPSA) is 72.4 Å². The van der Waals surface area contributed by atoms with E-state index < -0.39 is 11.7 Å². The number of benzene rings is 1. The van der Waals surface area contributed by atoms with Gasteiger partial charge in [0, 0.05) is 24.6 Å². The van der Waals surface area contributed by atoms with Crippen LogP contribution in [0, 0.1) is 0 Å². The molecule has 3 heterocycles. The third kappa shape index (κ3) is 4.35. The second kappa shape index (κ2) is 8.02. The molecule has 0 fully saturated rings. The van der Waals surface area contributed by atoms with E-state index in [1.807, 2.05) is 42.5 Å². The Bertz CT molecular complexity index is 1170. The Morgan fingerprint density at radius 3 is 2.60 bits per heavy atom. The van der Waals surface area contributed by atoms with E-state index in [-0.39, 0.29) is 30.3 Å². The Morgan fingerprint density at radius 1 is 1.03 bits per heavy atom. The number of hydrogen-bond donors (Lipinski definition) is 1. The largest absolute Gasteiger partial charge is 0.461 e. The summed E-state index contributed by atoms with van der Waals surface area (Å²) in [4.78, 5) is 12.2. The number of hydrogen-bond acceptors (Lipinski definition) is 4. The average Bonchev–Trinajstić information content (AvgIpc) is 3.37. The smallest absolute Gasteiger partial charge is 0.417 e. The number of fused-ring (bicyclic) bond motifs is 1. The summed E-state index contributed by atoms with van der Waals surface area (Å²) in [5, 5.41) is 10.3. The minimum absolute atomic E-state index is 0.0330. The molecule has 30 heavy (non-hydrogen) atoms. The van der Waals surface area contributed by atoms with Crippen LogP contribution >= 0.6 is 0 Å². The van der Waals surface area contributed by atoms with Crippen LogP contribution in [0.5, 0.6) is 0 Å². The van der Waals surface area contributed by atoms with Gasteiger partial charge in [-0.05, 0) is 24.3 Å². The van der Waals surface area contributed by atoms with E-state index in [4.69, 9.17) is 4.42 Å². The summed E-state index contributed by atoms with van der Waals surface area (Å²) in [6.07, 6.45) is -2.98. The van der Waals surface area contributed by atoms with Crippen molar-refractivity contribution in [1.82, 2.24) is 19.9 Å². The Morgan fingerprint density at radius 2 is 1.83 bits per heavy atom. The molecule has 0 aliphatic carbocycles. The van der Waals surface area contributed by atoms with E-state index in [1.54, 1.807) is 0 Å². The predicted octanol–water partition coefficient (Wildman–Crippen LogP) is 4.26. The van der Waals surface area contributed by atoms with Crippen molar-refractivity contribution >= 4 is 11.6 Å². The lowest BCUT2D eigenvalue weighted by molar-refractivity contribution is -0.137. The van der Waals surface area contributed by atoms with Gasteiger partial charge in [-0.1, -0.05) is 30.3 Å². The molecule has 1 N–H and O–H groups in total. The first-order valence-electron chi connectivity index (χ1n) is 9.22. The lowest BCUT2D eigenvalue weighted by Gasteiger charge is -2.08. The van der Waals surface area contributed by atoms with Gasteiger partial charge in [-0.2, -0.15) is 13.2 Å². The molecule has 0 bridgehead atoms. The Labute approximate surface area is 169 Å². The summed E-state index contributed by atoms with van der Waals surface area (Å²) in [5.41, 5.74) is 0.413. The molecule has 0 aliphatic rings. The van der Waals surface area contributed by atoms with Gasteiger partial charge in [0.05, 0.1) is 12.1 Å². The van der Waals surface area contributed by atoms with Gasteiger partial charge in [0.1, 0.15) is 11.5 Å². The van der Waals surface area contributed by atoms with Crippen molar-refractivity contribution in [3.8, 4) is 11.3 Å². The fourth-order valence-electron chi connectivity index (χ4n) is 3.00. The monoisotopic (exact) mass is 414 g/mol. The molecule has 1 amide bonds. The molecule has 3 aromatic heterocycles. The van der Waals surface area contributed by atoms with Gasteiger partial charge in [0.15, 0.2) is 11.5 Å². The Kier molecular flexibility index (Phi) is 5.26. The molecule has 0 atom stereocenters. The fourth-order valence-corrected chi connectivity index (χ4v) is 3.00. The molecule has 0 saturated heterocycles. The molecule has 0 unspecified atom stereocenters. The predicted molar refractivity (Wildman–Crippen MR) is 102 cm³/mol. The van der Waals surface area contributed by atoms with E-state index >= 15 is 0 Å². The molecule has 6 nitrogen and oxygen atoms in total. The van der Waals surface area contributed by atoms with Crippen molar-refractivity contribution in [3.05, 3.63) is 77.9 Å². The molecular weight excluding hydrogens is 397 g/mol. The van der Waals surface area contributed by atoms with E-state index in [2.05, 4.69) is 15.5 Å². The van der Waals surface area contributed by atoms with Crippen molar-refractivity contribution in [2.75, 3.05) is 0 Å². The normalized spacial score (nSPS) is 11.7. The average molecular weight is 414 g/mol. The number of amides is 1. The number of carbonyl (C=O) groups is 1. The number of rotatable bonds is 6. The van der Waals surface area contributed by atoms with Crippen LogP contribution in [0.25, 0.3) is 17.0 Å². The third-order valence-corrected chi connectivity index (χ3v) is 4.56. The number of carbonyl (C=O) groups excluding carboxylic acids is 1. The molecule has 154 valence electrons. The number of alkyl halides is 3. The van der Waals surface area contributed by atoms with Gasteiger partial charge in [-0.25, -0.2) is 0 Å². The van der Waals surface area contributed by atoms with Crippen LogP contribution < -0.4 is 5.32 Å². The van der Waals surface area contributed by atoms with Gasteiger partial charge in [-0.15, -0.1) is 10.2 Å². The Balaban J connectivity index is 1.35. The van der Waals surface area contributed by atoms with Crippen molar-refractivity contribution in [3.63, 3.8) is 0 Å². The molecular formula is C21H17F3N4O2. The highest BCUT2D eigenvalue weighted by atomic mass is 19.4. The van der Waals surface area contributed by atoms with Gasteiger partial charge >= 0.3 is 6.18 Å². The van der Waals surface area contributed by atoms with Crippen LogP contribution in [0.15, 0.2) is 65.2 Å². The molecule has 1 aromatic carbocycles. The number of furan rings is 1. The van der Waals surface area contributed by atoms with Gasteiger partial charge in [0.25, 0.3) is 0 Å². The first-order valence-corrected chi connectivity index (χ1v) is 9.22. The third-order valence-electron chi connectivity index (χ3n) is 4.56. The number of nitrogens with one attached hydrogen (secondary N) is 1.